The average molecular weight is 285 g/mol. The van der Waals surface area contributed by atoms with Gasteiger partial charge < -0.3 is 10.5 Å². The lowest BCUT2D eigenvalue weighted by Crippen LogP contribution is -2.21. The highest BCUT2D eigenvalue weighted by Crippen LogP contribution is 2.39. The van der Waals surface area contributed by atoms with Gasteiger partial charge in [-0.05, 0) is 23.6 Å². The molecule has 3 nitrogen and oxygen atoms in total. The second-order valence-electron chi connectivity index (χ2n) is 5.20. The Kier molecular flexibility index (Phi) is 3.37. The van der Waals surface area contributed by atoms with Crippen molar-refractivity contribution >= 4 is 11.5 Å². The van der Waals surface area contributed by atoms with Crippen LogP contribution in [0.15, 0.2) is 36.4 Å². The molecular weight excluding hydrogens is 269 g/mol. The number of carbonyl (C=O) groups excluding carboxylic acids is 1. The van der Waals surface area contributed by atoms with E-state index in [0.717, 1.165) is 12.0 Å². The number of halogens is 1. The van der Waals surface area contributed by atoms with Crippen LogP contribution in [0.3, 0.4) is 0 Å². The van der Waals surface area contributed by atoms with E-state index in [9.17, 15) is 9.18 Å². The summed E-state index contributed by atoms with van der Waals surface area (Å²) < 4.78 is 19.2. The van der Waals surface area contributed by atoms with Gasteiger partial charge in [-0.25, -0.2) is 4.39 Å². The normalized spacial score (nSPS) is 17.2. The van der Waals surface area contributed by atoms with E-state index in [1.807, 2.05) is 24.3 Å². The van der Waals surface area contributed by atoms with Crippen molar-refractivity contribution in [3.8, 4) is 5.75 Å². The number of rotatable bonds is 2. The summed E-state index contributed by atoms with van der Waals surface area (Å²) in [6.07, 6.45) is 0.782. The molecule has 21 heavy (non-hydrogen) atoms. The highest BCUT2D eigenvalue weighted by Gasteiger charge is 2.29. The molecule has 2 aromatic rings. The van der Waals surface area contributed by atoms with E-state index in [4.69, 9.17) is 10.5 Å². The van der Waals surface area contributed by atoms with Crippen LogP contribution < -0.4 is 10.5 Å². The standard InChI is InChI=1S/C17H16FNO2/c1-2-10-3-5-11(6-4-10)16-9-15(20)13-7-12(18)8-14(19)17(13)21-16/h3-8,16H,2,9,19H2,1H3. The predicted molar refractivity (Wildman–Crippen MR) is 78.9 cm³/mol. The lowest BCUT2D eigenvalue weighted by Gasteiger charge is -2.26. The third-order valence-corrected chi connectivity index (χ3v) is 3.77. The zero-order valence-corrected chi connectivity index (χ0v) is 11.7. The highest BCUT2D eigenvalue weighted by molar-refractivity contribution is 6.01. The summed E-state index contributed by atoms with van der Waals surface area (Å²) in [6.45, 7) is 2.08. The summed E-state index contributed by atoms with van der Waals surface area (Å²) in [5, 5.41) is 0. The molecule has 4 heteroatoms. The molecule has 1 aliphatic heterocycles. The van der Waals surface area contributed by atoms with Crippen LogP contribution in [0.1, 0.15) is 40.9 Å². The number of fused-ring (bicyclic) bond motifs is 1. The number of benzene rings is 2. The average Bonchev–Trinajstić information content (AvgIpc) is 2.48. The van der Waals surface area contributed by atoms with Gasteiger partial charge >= 0.3 is 0 Å². The maximum atomic E-state index is 13.3. The van der Waals surface area contributed by atoms with Crippen molar-refractivity contribution in [2.75, 3.05) is 5.73 Å². The van der Waals surface area contributed by atoms with Gasteiger partial charge in [0.25, 0.3) is 0 Å². The van der Waals surface area contributed by atoms with Gasteiger partial charge in [-0.15, -0.1) is 0 Å². The minimum absolute atomic E-state index is 0.146. The SMILES string of the molecule is CCc1ccc(C2CC(=O)c3cc(F)cc(N)c3O2)cc1. The summed E-state index contributed by atoms with van der Waals surface area (Å²) in [6, 6.07) is 10.3. The zero-order valence-electron chi connectivity index (χ0n) is 11.7. The van der Waals surface area contributed by atoms with Gasteiger partial charge in [-0.2, -0.15) is 0 Å². The summed E-state index contributed by atoms with van der Waals surface area (Å²) in [7, 11) is 0. The molecule has 0 bridgehead atoms. The number of carbonyl (C=O) groups is 1. The number of anilines is 1. The van der Waals surface area contributed by atoms with E-state index in [2.05, 4.69) is 6.92 Å². The number of ether oxygens (including phenoxy) is 1. The molecular formula is C17H16FNO2. The monoisotopic (exact) mass is 285 g/mol. The molecule has 0 amide bonds. The third-order valence-electron chi connectivity index (χ3n) is 3.77. The van der Waals surface area contributed by atoms with Crippen LogP contribution in [0.4, 0.5) is 10.1 Å². The Labute approximate surface area is 122 Å². The Bertz CT molecular complexity index is 695. The van der Waals surface area contributed by atoms with Gasteiger partial charge in [-0.3, -0.25) is 4.79 Å². The third kappa shape index (κ3) is 2.49. The number of aryl methyl sites for hydroxylation is 1. The predicted octanol–water partition coefficient (Wildman–Crippen LogP) is 3.68. The molecule has 0 fully saturated rings. The van der Waals surface area contributed by atoms with E-state index in [1.54, 1.807) is 0 Å². The minimum Gasteiger partial charge on any atom is -0.482 e. The molecule has 108 valence electrons. The van der Waals surface area contributed by atoms with Gasteiger partial charge in [0, 0.05) is 6.07 Å². The molecule has 2 aromatic carbocycles. The maximum absolute atomic E-state index is 13.3. The molecule has 1 aliphatic rings. The second kappa shape index (κ2) is 5.20. The minimum atomic E-state index is -0.519. The molecule has 0 radical (unpaired) electrons. The van der Waals surface area contributed by atoms with Crippen LogP contribution in [0.5, 0.6) is 5.75 Å². The van der Waals surface area contributed by atoms with Crippen LogP contribution in [-0.4, -0.2) is 5.78 Å². The summed E-state index contributed by atoms with van der Waals surface area (Å²) in [5.41, 5.74) is 8.31. The molecule has 0 saturated heterocycles. The fourth-order valence-corrected chi connectivity index (χ4v) is 2.57. The van der Waals surface area contributed by atoms with Crippen LogP contribution in [-0.2, 0) is 6.42 Å². The Morgan fingerprint density at radius 1 is 1.29 bits per heavy atom. The van der Waals surface area contributed by atoms with Crippen LogP contribution >= 0.6 is 0 Å². The van der Waals surface area contributed by atoms with Crippen LogP contribution in [0.25, 0.3) is 0 Å². The number of nitrogens with two attached hydrogens (primary N) is 1. The second-order valence-corrected chi connectivity index (χ2v) is 5.20. The van der Waals surface area contributed by atoms with E-state index in [-0.39, 0.29) is 35.3 Å². The first-order chi connectivity index (χ1) is 10.1. The van der Waals surface area contributed by atoms with E-state index in [0.29, 0.717) is 0 Å². The highest BCUT2D eigenvalue weighted by atomic mass is 19.1. The lowest BCUT2D eigenvalue weighted by atomic mass is 9.95. The Morgan fingerprint density at radius 3 is 2.67 bits per heavy atom. The fraction of sp³-hybridized carbons (Fsp3) is 0.235. The molecule has 3 rings (SSSR count). The van der Waals surface area contributed by atoms with Crippen molar-refractivity contribution in [2.24, 2.45) is 0 Å². The Balaban J connectivity index is 1.95. The van der Waals surface area contributed by atoms with E-state index >= 15 is 0 Å². The molecule has 1 unspecified atom stereocenters. The fourth-order valence-electron chi connectivity index (χ4n) is 2.57. The summed E-state index contributed by atoms with van der Waals surface area (Å²) >= 11 is 0. The van der Waals surface area contributed by atoms with Crippen LogP contribution in [0, 0.1) is 5.82 Å². The van der Waals surface area contributed by atoms with Gasteiger partial charge in [0.1, 0.15) is 11.9 Å². The molecule has 1 heterocycles. The molecule has 0 aromatic heterocycles. The zero-order chi connectivity index (χ0) is 15.0. The molecule has 0 spiro atoms. The number of ketones is 1. The summed E-state index contributed by atoms with van der Waals surface area (Å²) in [5.74, 6) is -0.377. The van der Waals surface area contributed by atoms with Gasteiger partial charge in [0.15, 0.2) is 11.5 Å². The first-order valence-corrected chi connectivity index (χ1v) is 6.96. The summed E-state index contributed by atoms with van der Waals surface area (Å²) in [4.78, 5) is 12.2. The number of hydrogen-bond donors (Lipinski definition) is 1. The van der Waals surface area contributed by atoms with Gasteiger partial charge in [0.05, 0.1) is 17.7 Å². The van der Waals surface area contributed by atoms with Gasteiger partial charge in [0.2, 0.25) is 0 Å². The van der Waals surface area contributed by atoms with Crippen molar-refractivity contribution in [1.29, 1.82) is 0 Å². The molecule has 2 N–H and O–H groups in total. The molecule has 1 atom stereocenters. The first kappa shape index (κ1) is 13.6. The Hall–Kier alpha value is -2.36. The van der Waals surface area contributed by atoms with Gasteiger partial charge in [-0.1, -0.05) is 31.2 Å². The van der Waals surface area contributed by atoms with Crippen molar-refractivity contribution in [2.45, 2.75) is 25.9 Å². The lowest BCUT2D eigenvalue weighted by molar-refractivity contribution is 0.0850. The number of Topliss-reactive ketones (excluding diaryl/α,β-unsaturated/α-hetero) is 1. The smallest absolute Gasteiger partial charge is 0.170 e. The van der Waals surface area contributed by atoms with Crippen molar-refractivity contribution in [3.05, 3.63) is 58.9 Å². The topological polar surface area (TPSA) is 52.3 Å². The molecule has 0 aliphatic carbocycles. The Morgan fingerprint density at radius 2 is 2.00 bits per heavy atom. The largest absolute Gasteiger partial charge is 0.482 e. The maximum Gasteiger partial charge on any atom is 0.170 e. The van der Waals surface area contributed by atoms with E-state index < -0.39 is 5.82 Å². The quantitative estimate of drug-likeness (QED) is 0.856. The number of nitrogen functional groups attached to an aromatic ring is 1. The molecule has 0 saturated carbocycles. The van der Waals surface area contributed by atoms with Crippen LogP contribution in [0.2, 0.25) is 0 Å². The van der Waals surface area contributed by atoms with Crippen molar-refractivity contribution < 1.29 is 13.9 Å². The first-order valence-electron chi connectivity index (χ1n) is 6.96. The van der Waals surface area contributed by atoms with E-state index in [1.165, 1.54) is 17.7 Å². The number of hydrogen-bond acceptors (Lipinski definition) is 3. The van der Waals surface area contributed by atoms with Crippen molar-refractivity contribution in [3.63, 3.8) is 0 Å². The van der Waals surface area contributed by atoms with Crippen molar-refractivity contribution in [1.82, 2.24) is 0 Å².